The summed E-state index contributed by atoms with van der Waals surface area (Å²) in [6.07, 6.45) is 2.34. The van der Waals surface area contributed by atoms with Crippen molar-refractivity contribution in [1.29, 1.82) is 0 Å². The summed E-state index contributed by atoms with van der Waals surface area (Å²) < 4.78 is 39.4. The van der Waals surface area contributed by atoms with Gasteiger partial charge < -0.3 is 14.0 Å². The number of carbonyl (C=O) groups is 1. The predicted octanol–water partition coefficient (Wildman–Crippen LogP) is 3.00. The normalized spacial score (nSPS) is 15.5. The molecule has 1 aliphatic rings. The zero-order valence-electron chi connectivity index (χ0n) is 18.7. The molecule has 0 radical (unpaired) electrons. The second-order valence-electron chi connectivity index (χ2n) is 7.90. The minimum Gasteiger partial charge on any atom is -0.497 e. The van der Waals surface area contributed by atoms with Gasteiger partial charge >= 0.3 is 5.97 Å². The molecule has 2 aromatic heterocycles. The van der Waals surface area contributed by atoms with E-state index in [1.165, 1.54) is 21.8 Å². The lowest BCUT2D eigenvalue weighted by atomic mass is 9.98. The SMILES string of the molecule is COc1cccc(-c2nc(COC(=O)C3CCN(S(=O)(=O)c4cn(C)c(C)n4)CC3)cs2)c1. The highest BCUT2D eigenvalue weighted by molar-refractivity contribution is 7.89. The van der Waals surface area contributed by atoms with E-state index in [1.807, 2.05) is 29.6 Å². The number of esters is 1. The highest BCUT2D eigenvalue weighted by atomic mass is 32.2. The van der Waals surface area contributed by atoms with Gasteiger partial charge in [0.25, 0.3) is 10.0 Å². The average Bonchev–Trinajstić information content (AvgIpc) is 3.44. The van der Waals surface area contributed by atoms with E-state index in [2.05, 4.69) is 9.97 Å². The van der Waals surface area contributed by atoms with Crippen molar-refractivity contribution < 1.29 is 22.7 Å². The van der Waals surface area contributed by atoms with E-state index < -0.39 is 10.0 Å². The van der Waals surface area contributed by atoms with Crippen LogP contribution in [0.4, 0.5) is 0 Å². The molecule has 1 aliphatic heterocycles. The van der Waals surface area contributed by atoms with Crippen LogP contribution in [-0.2, 0) is 33.2 Å². The maximum Gasteiger partial charge on any atom is 0.309 e. The van der Waals surface area contributed by atoms with Crippen LogP contribution >= 0.6 is 11.3 Å². The van der Waals surface area contributed by atoms with Crippen LogP contribution < -0.4 is 4.74 Å². The Labute approximate surface area is 197 Å². The zero-order chi connectivity index (χ0) is 23.6. The Morgan fingerprint density at radius 3 is 2.67 bits per heavy atom. The number of aryl methyl sites for hydroxylation is 2. The van der Waals surface area contributed by atoms with Crippen LogP contribution in [0.25, 0.3) is 10.6 Å². The first kappa shape index (κ1) is 23.4. The first-order chi connectivity index (χ1) is 15.8. The van der Waals surface area contributed by atoms with Gasteiger partial charge in [-0.2, -0.15) is 4.31 Å². The molecule has 1 aromatic carbocycles. The third kappa shape index (κ3) is 5.10. The van der Waals surface area contributed by atoms with Crippen molar-refractivity contribution in [3.63, 3.8) is 0 Å². The van der Waals surface area contributed by atoms with E-state index in [4.69, 9.17) is 9.47 Å². The molecule has 9 nitrogen and oxygen atoms in total. The van der Waals surface area contributed by atoms with Crippen LogP contribution in [0.2, 0.25) is 0 Å². The average molecular weight is 491 g/mol. The van der Waals surface area contributed by atoms with Gasteiger partial charge in [-0.1, -0.05) is 12.1 Å². The van der Waals surface area contributed by atoms with Gasteiger partial charge in [0.15, 0.2) is 5.03 Å². The molecule has 0 atom stereocenters. The topological polar surface area (TPSA) is 104 Å². The summed E-state index contributed by atoms with van der Waals surface area (Å²) in [5, 5.41) is 2.73. The van der Waals surface area contributed by atoms with Gasteiger partial charge in [-0.3, -0.25) is 4.79 Å². The number of nitrogens with zero attached hydrogens (tertiary/aromatic N) is 4. The van der Waals surface area contributed by atoms with Crippen LogP contribution in [0, 0.1) is 12.8 Å². The standard InChI is InChI=1S/C22H26N4O5S2/c1-15-23-20(12-25(15)2)33(28,29)26-9-7-16(8-10-26)22(27)31-13-18-14-32-21(24-18)17-5-4-6-19(11-17)30-3/h4-6,11-12,14,16H,7-10,13H2,1-3H3. The van der Waals surface area contributed by atoms with Crippen molar-refractivity contribution in [1.82, 2.24) is 18.8 Å². The Hall–Kier alpha value is -2.76. The third-order valence-corrected chi connectivity index (χ3v) is 8.42. The molecule has 11 heteroatoms. The summed E-state index contributed by atoms with van der Waals surface area (Å²) in [6.45, 7) is 2.36. The highest BCUT2D eigenvalue weighted by Gasteiger charge is 2.34. The Morgan fingerprint density at radius 1 is 1.24 bits per heavy atom. The molecular formula is C22H26N4O5S2. The van der Waals surface area contributed by atoms with Gasteiger partial charge in [-0.05, 0) is 31.9 Å². The first-order valence-electron chi connectivity index (χ1n) is 10.5. The van der Waals surface area contributed by atoms with Gasteiger partial charge in [0, 0.05) is 37.3 Å². The molecule has 0 unspecified atom stereocenters. The van der Waals surface area contributed by atoms with Gasteiger partial charge in [-0.25, -0.2) is 18.4 Å². The van der Waals surface area contributed by atoms with Crippen LogP contribution in [0.3, 0.4) is 0 Å². The second-order valence-corrected chi connectivity index (χ2v) is 10.6. The molecule has 0 saturated carbocycles. The maximum absolute atomic E-state index is 12.8. The molecule has 0 bridgehead atoms. The van der Waals surface area contributed by atoms with Gasteiger partial charge in [0.1, 0.15) is 23.2 Å². The smallest absolute Gasteiger partial charge is 0.309 e. The lowest BCUT2D eigenvalue weighted by Gasteiger charge is -2.29. The fraction of sp³-hybridized carbons (Fsp3) is 0.409. The Morgan fingerprint density at radius 2 is 2.00 bits per heavy atom. The molecule has 0 spiro atoms. The number of methoxy groups -OCH3 is 1. The van der Waals surface area contributed by atoms with Crippen molar-refractivity contribution in [2.75, 3.05) is 20.2 Å². The number of carbonyl (C=O) groups excluding carboxylic acids is 1. The molecule has 33 heavy (non-hydrogen) atoms. The summed E-state index contributed by atoms with van der Waals surface area (Å²) >= 11 is 1.47. The number of thiazole rings is 1. The van der Waals surface area contributed by atoms with E-state index in [9.17, 15) is 13.2 Å². The minimum absolute atomic E-state index is 0.0406. The summed E-state index contributed by atoms with van der Waals surface area (Å²) in [5.41, 5.74) is 1.62. The molecule has 1 saturated heterocycles. The number of hydrogen-bond acceptors (Lipinski definition) is 8. The number of imidazole rings is 1. The second kappa shape index (κ2) is 9.62. The Balaban J connectivity index is 1.30. The van der Waals surface area contributed by atoms with E-state index in [1.54, 1.807) is 25.6 Å². The maximum atomic E-state index is 12.8. The van der Waals surface area contributed by atoms with E-state index in [-0.39, 0.29) is 36.6 Å². The third-order valence-electron chi connectivity index (χ3n) is 5.71. The van der Waals surface area contributed by atoms with Crippen LogP contribution in [0.1, 0.15) is 24.4 Å². The number of ether oxygens (including phenoxy) is 2. The van der Waals surface area contributed by atoms with Crippen LogP contribution in [0.5, 0.6) is 5.75 Å². The first-order valence-corrected chi connectivity index (χ1v) is 12.9. The molecular weight excluding hydrogens is 464 g/mol. The molecule has 0 aliphatic carbocycles. The van der Waals surface area contributed by atoms with E-state index in [0.29, 0.717) is 24.4 Å². The quantitative estimate of drug-likeness (QED) is 0.469. The monoisotopic (exact) mass is 490 g/mol. The number of benzene rings is 1. The lowest BCUT2D eigenvalue weighted by molar-refractivity contribution is -0.151. The van der Waals surface area contributed by atoms with E-state index in [0.717, 1.165) is 16.3 Å². The molecule has 3 heterocycles. The van der Waals surface area contributed by atoms with Crippen molar-refractivity contribution in [2.45, 2.75) is 31.4 Å². The van der Waals surface area contributed by atoms with Crippen molar-refractivity contribution in [3.8, 4) is 16.3 Å². The molecule has 1 fully saturated rings. The molecule has 0 N–H and O–H groups in total. The summed E-state index contributed by atoms with van der Waals surface area (Å²) in [6, 6.07) is 7.62. The summed E-state index contributed by atoms with van der Waals surface area (Å²) in [7, 11) is -0.293. The van der Waals surface area contributed by atoms with Crippen molar-refractivity contribution in [2.24, 2.45) is 13.0 Å². The van der Waals surface area contributed by atoms with Crippen LogP contribution in [-0.4, -0.2) is 53.4 Å². The summed E-state index contributed by atoms with van der Waals surface area (Å²) in [4.78, 5) is 21.2. The zero-order valence-corrected chi connectivity index (χ0v) is 20.4. The molecule has 0 amide bonds. The molecule has 4 rings (SSSR count). The van der Waals surface area contributed by atoms with Crippen LogP contribution in [0.15, 0.2) is 40.9 Å². The Kier molecular flexibility index (Phi) is 6.82. The lowest BCUT2D eigenvalue weighted by Crippen LogP contribution is -2.40. The number of sulfonamides is 1. The molecule has 176 valence electrons. The van der Waals surface area contributed by atoms with Crippen molar-refractivity contribution in [3.05, 3.63) is 47.4 Å². The van der Waals surface area contributed by atoms with E-state index >= 15 is 0 Å². The number of rotatable bonds is 7. The largest absolute Gasteiger partial charge is 0.497 e. The fourth-order valence-corrected chi connectivity index (χ4v) is 5.94. The van der Waals surface area contributed by atoms with Gasteiger partial charge in [0.2, 0.25) is 0 Å². The number of piperidine rings is 1. The molecule has 3 aromatic rings. The minimum atomic E-state index is -3.67. The number of hydrogen-bond donors (Lipinski definition) is 0. The number of aromatic nitrogens is 3. The van der Waals surface area contributed by atoms with Gasteiger partial charge in [0.05, 0.1) is 18.7 Å². The highest BCUT2D eigenvalue weighted by Crippen LogP contribution is 2.28. The van der Waals surface area contributed by atoms with Crippen molar-refractivity contribution >= 4 is 27.3 Å². The fourth-order valence-electron chi connectivity index (χ4n) is 3.64. The predicted molar refractivity (Wildman–Crippen MR) is 123 cm³/mol. The van der Waals surface area contributed by atoms with Gasteiger partial charge in [-0.15, -0.1) is 11.3 Å². The Bertz CT molecular complexity index is 1220. The summed E-state index contributed by atoms with van der Waals surface area (Å²) in [5.74, 6) is 0.723.